The van der Waals surface area contributed by atoms with Crippen molar-refractivity contribution in [2.24, 2.45) is 5.92 Å². The van der Waals surface area contributed by atoms with E-state index >= 15 is 0 Å². The van der Waals surface area contributed by atoms with Crippen molar-refractivity contribution >= 4 is 17.4 Å². The first-order valence-corrected chi connectivity index (χ1v) is 9.14. The number of aryl methyl sites for hydroxylation is 1. The molecule has 1 aliphatic rings. The summed E-state index contributed by atoms with van der Waals surface area (Å²) in [5.41, 5.74) is 1.47. The third-order valence-corrected chi connectivity index (χ3v) is 4.91. The van der Waals surface area contributed by atoms with Crippen LogP contribution in [0.3, 0.4) is 0 Å². The summed E-state index contributed by atoms with van der Waals surface area (Å²) < 4.78 is 1.61. The molecule has 1 aromatic heterocycles. The molecule has 0 atom stereocenters. The van der Waals surface area contributed by atoms with Gasteiger partial charge in [0.2, 0.25) is 5.91 Å². The van der Waals surface area contributed by atoms with Crippen LogP contribution in [0, 0.1) is 23.0 Å². The molecular weight excluding hydrogens is 332 g/mol. The number of nitro groups is 1. The van der Waals surface area contributed by atoms with Crippen molar-refractivity contribution in [3.8, 4) is 5.69 Å². The minimum Gasteiger partial charge on any atom is -0.311 e. The van der Waals surface area contributed by atoms with E-state index < -0.39 is 4.92 Å². The van der Waals surface area contributed by atoms with Gasteiger partial charge in [-0.2, -0.15) is 5.10 Å². The fourth-order valence-corrected chi connectivity index (χ4v) is 3.52. The van der Waals surface area contributed by atoms with E-state index in [2.05, 4.69) is 10.4 Å². The monoisotopic (exact) mass is 356 g/mol. The molecule has 0 radical (unpaired) electrons. The maximum absolute atomic E-state index is 12.3. The molecule has 138 valence electrons. The Bertz CT molecular complexity index is 777. The summed E-state index contributed by atoms with van der Waals surface area (Å²) in [7, 11) is 0. The van der Waals surface area contributed by atoms with Crippen LogP contribution in [0.1, 0.15) is 50.6 Å². The number of hydrogen-bond acceptors (Lipinski definition) is 4. The van der Waals surface area contributed by atoms with Crippen molar-refractivity contribution < 1.29 is 9.72 Å². The van der Waals surface area contributed by atoms with Crippen molar-refractivity contribution in [1.82, 2.24) is 9.78 Å². The van der Waals surface area contributed by atoms with Crippen LogP contribution in [0.5, 0.6) is 0 Å². The van der Waals surface area contributed by atoms with E-state index in [0.717, 1.165) is 12.1 Å². The topological polar surface area (TPSA) is 90.1 Å². The number of benzene rings is 1. The number of anilines is 1. The summed E-state index contributed by atoms with van der Waals surface area (Å²) in [6.07, 6.45) is 7.76. The minimum absolute atomic E-state index is 0.0152. The molecule has 0 spiro atoms. The second-order valence-corrected chi connectivity index (χ2v) is 6.95. The quantitative estimate of drug-likeness (QED) is 0.614. The molecule has 26 heavy (non-hydrogen) atoms. The second kappa shape index (κ2) is 8.12. The average Bonchev–Trinajstić information content (AvgIpc) is 3.01. The fourth-order valence-electron chi connectivity index (χ4n) is 3.52. The van der Waals surface area contributed by atoms with Crippen LogP contribution < -0.4 is 5.32 Å². The largest absolute Gasteiger partial charge is 0.311 e. The van der Waals surface area contributed by atoms with E-state index in [9.17, 15) is 14.9 Å². The molecule has 0 unspecified atom stereocenters. The highest BCUT2D eigenvalue weighted by molar-refractivity contribution is 5.90. The van der Waals surface area contributed by atoms with Gasteiger partial charge in [0.15, 0.2) is 0 Å². The number of carbonyl (C=O) groups is 1. The zero-order valence-corrected chi connectivity index (χ0v) is 15.0. The summed E-state index contributed by atoms with van der Waals surface area (Å²) in [5, 5.41) is 18.1. The average molecular weight is 356 g/mol. The molecular formula is C19H24N4O3. The van der Waals surface area contributed by atoms with E-state index in [1.807, 2.05) is 6.92 Å². The van der Waals surface area contributed by atoms with Crippen LogP contribution in [-0.4, -0.2) is 20.6 Å². The Hall–Kier alpha value is -2.70. The summed E-state index contributed by atoms with van der Waals surface area (Å²) in [6.45, 7) is 1.85. The molecule has 3 rings (SSSR count). The number of aromatic nitrogens is 2. The van der Waals surface area contributed by atoms with Crippen LogP contribution >= 0.6 is 0 Å². The molecule has 1 saturated carbocycles. The second-order valence-electron chi connectivity index (χ2n) is 6.95. The lowest BCUT2D eigenvalue weighted by Crippen LogP contribution is -2.17. The van der Waals surface area contributed by atoms with Crippen LogP contribution in [-0.2, 0) is 4.79 Å². The lowest BCUT2D eigenvalue weighted by atomic mass is 9.86. The van der Waals surface area contributed by atoms with Gasteiger partial charge in [-0.05, 0) is 31.4 Å². The normalized spacial score (nSPS) is 15.0. The molecule has 1 fully saturated rings. The lowest BCUT2D eigenvalue weighted by molar-refractivity contribution is -0.384. The highest BCUT2D eigenvalue weighted by atomic mass is 16.6. The third-order valence-electron chi connectivity index (χ3n) is 4.91. The first kappa shape index (κ1) is 18.1. The Balaban J connectivity index is 1.66. The third kappa shape index (κ3) is 4.47. The summed E-state index contributed by atoms with van der Waals surface area (Å²) in [4.78, 5) is 22.7. The van der Waals surface area contributed by atoms with Gasteiger partial charge in [0.25, 0.3) is 5.69 Å². The molecule has 0 bridgehead atoms. The van der Waals surface area contributed by atoms with Gasteiger partial charge in [0, 0.05) is 24.6 Å². The van der Waals surface area contributed by atoms with Crippen LogP contribution in [0.4, 0.5) is 11.5 Å². The highest BCUT2D eigenvalue weighted by Gasteiger charge is 2.16. The molecule has 1 aliphatic carbocycles. The highest BCUT2D eigenvalue weighted by Crippen LogP contribution is 2.27. The summed E-state index contributed by atoms with van der Waals surface area (Å²) >= 11 is 0. The lowest BCUT2D eigenvalue weighted by Gasteiger charge is -2.21. The van der Waals surface area contributed by atoms with Crippen molar-refractivity contribution in [3.05, 3.63) is 46.1 Å². The first-order chi connectivity index (χ1) is 12.5. The van der Waals surface area contributed by atoms with Gasteiger partial charge in [0.05, 0.1) is 16.3 Å². The zero-order chi connectivity index (χ0) is 18.5. The van der Waals surface area contributed by atoms with Gasteiger partial charge in [0.1, 0.15) is 5.82 Å². The zero-order valence-electron chi connectivity index (χ0n) is 15.0. The van der Waals surface area contributed by atoms with Crippen molar-refractivity contribution in [2.75, 3.05) is 5.32 Å². The van der Waals surface area contributed by atoms with Gasteiger partial charge >= 0.3 is 0 Å². The summed E-state index contributed by atoms with van der Waals surface area (Å²) in [5.74, 6) is 1.24. The van der Waals surface area contributed by atoms with Gasteiger partial charge < -0.3 is 5.32 Å². The Morgan fingerprint density at radius 1 is 1.27 bits per heavy atom. The van der Waals surface area contributed by atoms with Crippen LogP contribution in [0.25, 0.3) is 5.69 Å². The summed E-state index contributed by atoms with van der Waals surface area (Å²) in [6, 6.07) is 7.92. The number of nitrogens with zero attached hydrogens (tertiary/aromatic N) is 3. The number of nitro benzene ring substituents is 1. The molecule has 1 heterocycles. The minimum atomic E-state index is -0.438. The standard InChI is InChI=1S/C19H24N4O3/c1-14-13-18(20-19(24)12-7-15-5-3-2-4-6-15)22(21-14)16-8-10-17(11-9-16)23(25)26/h8-11,13,15H,2-7,12H2,1H3,(H,20,24). The van der Waals surface area contributed by atoms with E-state index in [1.165, 1.54) is 44.2 Å². The SMILES string of the molecule is Cc1cc(NC(=O)CCC2CCCCC2)n(-c2ccc([N+](=O)[O-])cc2)n1. The first-order valence-electron chi connectivity index (χ1n) is 9.14. The predicted octanol–water partition coefficient (Wildman–Crippen LogP) is 4.39. The van der Waals surface area contributed by atoms with E-state index in [0.29, 0.717) is 23.8 Å². The fraction of sp³-hybridized carbons (Fsp3) is 0.474. The molecule has 0 saturated heterocycles. The predicted molar refractivity (Wildman–Crippen MR) is 99.4 cm³/mol. The van der Waals surface area contributed by atoms with E-state index in [-0.39, 0.29) is 11.6 Å². The molecule has 0 aliphatic heterocycles. The van der Waals surface area contributed by atoms with Crippen LogP contribution in [0.15, 0.2) is 30.3 Å². The van der Waals surface area contributed by atoms with E-state index in [1.54, 1.807) is 22.9 Å². The van der Waals surface area contributed by atoms with Gasteiger partial charge in [-0.25, -0.2) is 4.68 Å². The van der Waals surface area contributed by atoms with Gasteiger partial charge in [-0.1, -0.05) is 32.1 Å². The molecule has 7 nitrogen and oxygen atoms in total. The number of carbonyl (C=O) groups excluding carboxylic acids is 1. The van der Waals surface area contributed by atoms with Crippen molar-refractivity contribution in [3.63, 3.8) is 0 Å². The van der Waals surface area contributed by atoms with Crippen molar-refractivity contribution in [2.45, 2.75) is 51.9 Å². The Kier molecular flexibility index (Phi) is 5.65. The molecule has 1 amide bonds. The van der Waals surface area contributed by atoms with Gasteiger partial charge in [-0.15, -0.1) is 0 Å². The Labute approximate surface area is 152 Å². The maximum Gasteiger partial charge on any atom is 0.269 e. The Morgan fingerprint density at radius 3 is 2.62 bits per heavy atom. The molecule has 1 N–H and O–H groups in total. The number of hydrogen-bond donors (Lipinski definition) is 1. The molecule has 1 aromatic carbocycles. The molecule has 2 aromatic rings. The van der Waals surface area contributed by atoms with Crippen molar-refractivity contribution in [1.29, 1.82) is 0 Å². The number of nitrogens with one attached hydrogen (secondary N) is 1. The van der Waals surface area contributed by atoms with Crippen LogP contribution in [0.2, 0.25) is 0 Å². The number of rotatable bonds is 6. The maximum atomic E-state index is 12.3. The van der Waals surface area contributed by atoms with E-state index in [4.69, 9.17) is 0 Å². The van der Waals surface area contributed by atoms with Gasteiger partial charge in [-0.3, -0.25) is 14.9 Å². The smallest absolute Gasteiger partial charge is 0.269 e. The number of amides is 1. The molecule has 7 heteroatoms. The number of non-ortho nitro benzene ring substituents is 1. The Morgan fingerprint density at radius 2 is 1.96 bits per heavy atom.